The van der Waals surface area contributed by atoms with Crippen molar-refractivity contribution in [2.45, 2.75) is 18.7 Å². The van der Waals surface area contributed by atoms with Crippen LogP contribution in [0.25, 0.3) is 0 Å². The van der Waals surface area contributed by atoms with Crippen LogP contribution < -0.4 is 4.31 Å². The molecule has 0 saturated heterocycles. The Hall–Kier alpha value is -2.44. The molecule has 0 aliphatic rings. The fourth-order valence-electron chi connectivity index (χ4n) is 2.60. The number of benzene rings is 3. The molecule has 3 aromatic rings. The molecule has 1 amide bonds. The summed E-state index contributed by atoms with van der Waals surface area (Å²) in [6.07, 6.45) is 0. The van der Waals surface area contributed by atoms with E-state index in [0.29, 0.717) is 10.2 Å². The molecule has 0 spiro atoms. The molecule has 0 atom stereocenters. The van der Waals surface area contributed by atoms with Crippen LogP contribution in [0, 0.1) is 13.8 Å². The van der Waals surface area contributed by atoms with Crippen LogP contribution in [-0.4, -0.2) is 14.3 Å². The van der Waals surface area contributed by atoms with Crippen LogP contribution in [0.2, 0.25) is 0 Å². The van der Waals surface area contributed by atoms with E-state index in [1.54, 1.807) is 60.7 Å². The van der Waals surface area contributed by atoms with E-state index >= 15 is 0 Å². The Morgan fingerprint density at radius 1 is 0.852 bits per heavy atom. The van der Waals surface area contributed by atoms with Crippen molar-refractivity contribution in [2.75, 3.05) is 4.31 Å². The van der Waals surface area contributed by atoms with Crippen LogP contribution in [0.15, 0.2) is 82.2 Å². The largest absolute Gasteiger partial charge is 0.272 e. The number of anilines is 1. The predicted octanol–water partition coefficient (Wildman–Crippen LogP) is 5.10. The summed E-state index contributed by atoms with van der Waals surface area (Å²) in [7, 11) is -4.08. The number of sulfonamides is 1. The molecule has 0 heterocycles. The Bertz CT molecular complexity index is 1080. The topological polar surface area (TPSA) is 54.5 Å². The third-order valence-corrected chi connectivity index (χ3v) is 6.30. The zero-order valence-corrected chi connectivity index (χ0v) is 17.3. The van der Waals surface area contributed by atoms with E-state index in [-0.39, 0.29) is 10.5 Å². The maximum atomic E-state index is 13.3. The molecule has 0 fully saturated rings. The lowest BCUT2D eigenvalue weighted by atomic mass is 10.2. The maximum Gasteiger partial charge on any atom is 0.272 e. The minimum absolute atomic E-state index is 0.0667. The van der Waals surface area contributed by atoms with E-state index in [1.807, 2.05) is 13.8 Å². The number of amides is 1. The average molecular weight is 444 g/mol. The lowest BCUT2D eigenvalue weighted by Gasteiger charge is -2.23. The number of carbonyl (C=O) groups is 1. The Kier molecular flexibility index (Phi) is 5.48. The molecular formula is C21H18BrNO3S. The second-order valence-corrected chi connectivity index (χ2v) is 8.94. The molecule has 0 unspecified atom stereocenters. The molecule has 3 rings (SSSR count). The highest BCUT2D eigenvalue weighted by molar-refractivity contribution is 9.10. The van der Waals surface area contributed by atoms with Gasteiger partial charge < -0.3 is 0 Å². The Morgan fingerprint density at radius 2 is 1.41 bits per heavy atom. The van der Waals surface area contributed by atoms with E-state index in [4.69, 9.17) is 0 Å². The van der Waals surface area contributed by atoms with Crippen LogP contribution in [0.1, 0.15) is 21.5 Å². The Morgan fingerprint density at radius 3 is 1.96 bits per heavy atom. The van der Waals surface area contributed by atoms with E-state index in [1.165, 1.54) is 12.1 Å². The lowest BCUT2D eigenvalue weighted by molar-refractivity contribution is 0.101. The summed E-state index contributed by atoms with van der Waals surface area (Å²) in [6.45, 7) is 3.78. The summed E-state index contributed by atoms with van der Waals surface area (Å²) in [5.74, 6) is -0.610. The first-order valence-electron chi connectivity index (χ1n) is 8.27. The van der Waals surface area contributed by atoms with Gasteiger partial charge in [0.2, 0.25) is 0 Å². The van der Waals surface area contributed by atoms with Crippen molar-refractivity contribution in [2.24, 2.45) is 0 Å². The first-order valence-corrected chi connectivity index (χ1v) is 10.5. The highest BCUT2D eigenvalue weighted by atomic mass is 79.9. The molecule has 27 heavy (non-hydrogen) atoms. The number of halogens is 1. The van der Waals surface area contributed by atoms with Gasteiger partial charge in [-0.1, -0.05) is 57.4 Å². The highest BCUT2D eigenvalue weighted by Crippen LogP contribution is 2.27. The van der Waals surface area contributed by atoms with Crippen LogP contribution >= 0.6 is 15.9 Å². The normalized spacial score (nSPS) is 11.2. The van der Waals surface area contributed by atoms with Gasteiger partial charge in [-0.2, -0.15) is 4.31 Å². The highest BCUT2D eigenvalue weighted by Gasteiger charge is 2.31. The van der Waals surface area contributed by atoms with Gasteiger partial charge >= 0.3 is 0 Å². The fourth-order valence-corrected chi connectivity index (χ4v) is 4.41. The van der Waals surface area contributed by atoms with Crippen molar-refractivity contribution < 1.29 is 13.2 Å². The number of aryl methyl sites for hydroxylation is 2. The fraction of sp³-hybridized carbons (Fsp3) is 0.0952. The molecule has 0 saturated carbocycles. The van der Waals surface area contributed by atoms with Crippen molar-refractivity contribution in [1.29, 1.82) is 0 Å². The number of carbonyl (C=O) groups excluding carboxylic acids is 1. The minimum Gasteiger partial charge on any atom is -0.268 e. The molecule has 0 radical (unpaired) electrons. The quantitative estimate of drug-likeness (QED) is 0.563. The number of hydrogen-bond acceptors (Lipinski definition) is 3. The number of nitrogens with zero attached hydrogens (tertiary/aromatic N) is 1. The summed E-state index contributed by atoms with van der Waals surface area (Å²) in [6, 6.07) is 20.0. The van der Waals surface area contributed by atoms with Gasteiger partial charge in [-0.25, -0.2) is 8.42 Å². The third kappa shape index (κ3) is 4.12. The molecule has 138 valence electrons. The van der Waals surface area contributed by atoms with Crippen molar-refractivity contribution in [1.82, 2.24) is 0 Å². The third-order valence-electron chi connectivity index (χ3n) is 4.08. The summed E-state index contributed by atoms with van der Waals surface area (Å²) in [5.41, 5.74) is 2.49. The Labute approximate surface area is 167 Å². The van der Waals surface area contributed by atoms with Gasteiger partial charge in [0.1, 0.15) is 0 Å². The second kappa shape index (κ2) is 7.66. The van der Waals surface area contributed by atoms with Gasteiger partial charge in [-0.3, -0.25) is 4.79 Å². The molecular weight excluding hydrogens is 426 g/mol. The summed E-state index contributed by atoms with van der Waals surface area (Å²) >= 11 is 3.33. The van der Waals surface area contributed by atoms with Crippen LogP contribution in [0.5, 0.6) is 0 Å². The van der Waals surface area contributed by atoms with Gasteiger partial charge in [0.25, 0.3) is 15.9 Å². The average Bonchev–Trinajstić information content (AvgIpc) is 2.63. The zero-order valence-electron chi connectivity index (χ0n) is 14.9. The smallest absolute Gasteiger partial charge is 0.268 e. The number of rotatable bonds is 4. The monoisotopic (exact) mass is 443 g/mol. The van der Waals surface area contributed by atoms with E-state index in [2.05, 4.69) is 15.9 Å². The first-order chi connectivity index (χ1) is 12.8. The van der Waals surface area contributed by atoms with E-state index in [9.17, 15) is 13.2 Å². The second-order valence-electron chi connectivity index (χ2n) is 6.23. The first kappa shape index (κ1) is 19.3. The molecule has 3 aromatic carbocycles. The van der Waals surface area contributed by atoms with Crippen molar-refractivity contribution in [3.8, 4) is 0 Å². The van der Waals surface area contributed by atoms with Gasteiger partial charge in [-0.05, 0) is 56.3 Å². The predicted molar refractivity (Wildman–Crippen MR) is 110 cm³/mol. The molecule has 0 aliphatic carbocycles. The van der Waals surface area contributed by atoms with Crippen molar-refractivity contribution >= 4 is 37.5 Å². The standard InChI is InChI=1S/C21H18BrNO3S/c1-15-6-10-19(11-7-15)23(21(24)17-4-3-5-18(22)14-17)27(25,26)20-12-8-16(2)9-13-20/h3-14H,1-2H3. The van der Waals surface area contributed by atoms with Crippen LogP contribution in [-0.2, 0) is 10.0 Å². The molecule has 0 bridgehead atoms. The van der Waals surface area contributed by atoms with Crippen molar-refractivity contribution in [3.05, 3.63) is 94.0 Å². The molecule has 4 nitrogen and oxygen atoms in total. The van der Waals surface area contributed by atoms with Crippen LogP contribution in [0.4, 0.5) is 5.69 Å². The Balaban J connectivity index is 2.16. The maximum absolute atomic E-state index is 13.3. The summed E-state index contributed by atoms with van der Waals surface area (Å²) in [4.78, 5) is 13.3. The molecule has 0 aromatic heterocycles. The minimum atomic E-state index is -4.08. The summed E-state index contributed by atoms with van der Waals surface area (Å²) < 4.78 is 28.2. The molecule has 6 heteroatoms. The molecule has 0 aliphatic heterocycles. The van der Waals surface area contributed by atoms with Crippen molar-refractivity contribution in [3.63, 3.8) is 0 Å². The van der Waals surface area contributed by atoms with Gasteiger partial charge in [0, 0.05) is 10.0 Å². The summed E-state index contributed by atoms with van der Waals surface area (Å²) in [5, 5.41) is 0. The molecule has 0 N–H and O–H groups in total. The lowest BCUT2D eigenvalue weighted by Crippen LogP contribution is -2.37. The van der Waals surface area contributed by atoms with E-state index < -0.39 is 15.9 Å². The van der Waals surface area contributed by atoms with E-state index in [0.717, 1.165) is 15.4 Å². The number of hydrogen-bond donors (Lipinski definition) is 0. The zero-order chi connectivity index (χ0) is 19.6. The SMILES string of the molecule is Cc1ccc(N(C(=O)c2cccc(Br)c2)S(=O)(=O)c2ccc(C)cc2)cc1. The van der Waals surface area contributed by atoms with Crippen LogP contribution in [0.3, 0.4) is 0 Å². The van der Waals surface area contributed by atoms with Gasteiger partial charge in [0.05, 0.1) is 10.6 Å². The van der Waals surface area contributed by atoms with Gasteiger partial charge in [-0.15, -0.1) is 0 Å². The van der Waals surface area contributed by atoms with Gasteiger partial charge in [0.15, 0.2) is 0 Å².